The lowest BCUT2D eigenvalue weighted by Crippen LogP contribution is -2.42. The van der Waals surface area contributed by atoms with Gasteiger partial charge in [-0.05, 0) is 26.7 Å². The third-order valence-electron chi connectivity index (χ3n) is 4.94. The molecule has 2 fully saturated rings. The number of likely N-dealkylation sites (tertiary alicyclic amines) is 1. The van der Waals surface area contributed by atoms with Crippen molar-refractivity contribution in [2.45, 2.75) is 45.2 Å². The van der Waals surface area contributed by atoms with Crippen molar-refractivity contribution in [2.24, 2.45) is 0 Å². The van der Waals surface area contributed by atoms with Gasteiger partial charge < -0.3 is 9.88 Å². The van der Waals surface area contributed by atoms with Crippen molar-refractivity contribution in [3.8, 4) is 0 Å². The number of aromatic nitrogens is 2. The molecule has 3 heterocycles. The Labute approximate surface area is 140 Å². The lowest BCUT2D eigenvalue weighted by Gasteiger charge is -2.24. The molecule has 0 radical (unpaired) electrons. The topological polar surface area (TPSA) is 103 Å². The van der Waals surface area contributed by atoms with Crippen molar-refractivity contribution >= 4 is 15.9 Å². The van der Waals surface area contributed by atoms with Gasteiger partial charge in [0.1, 0.15) is 5.82 Å². The smallest absolute Gasteiger partial charge is 0.254 e. The summed E-state index contributed by atoms with van der Waals surface area (Å²) in [5, 5.41) is 0. The Morgan fingerprint density at radius 3 is 2.54 bits per heavy atom. The zero-order valence-corrected chi connectivity index (χ0v) is 14.9. The van der Waals surface area contributed by atoms with Crippen molar-refractivity contribution < 1.29 is 13.2 Å². The molecule has 24 heavy (non-hydrogen) atoms. The van der Waals surface area contributed by atoms with Gasteiger partial charge in [-0.1, -0.05) is 0 Å². The first-order valence-electron chi connectivity index (χ1n) is 8.01. The maximum Gasteiger partial charge on any atom is 0.254 e. The molecule has 8 nitrogen and oxygen atoms in total. The van der Waals surface area contributed by atoms with Gasteiger partial charge >= 0.3 is 0 Å². The zero-order chi connectivity index (χ0) is 17.6. The van der Waals surface area contributed by atoms with E-state index in [4.69, 9.17) is 0 Å². The van der Waals surface area contributed by atoms with E-state index < -0.39 is 10.0 Å². The highest BCUT2D eigenvalue weighted by Crippen LogP contribution is 2.33. The molecule has 0 bridgehead atoms. The van der Waals surface area contributed by atoms with Gasteiger partial charge in [0.15, 0.2) is 0 Å². The molecule has 2 aliphatic heterocycles. The summed E-state index contributed by atoms with van der Waals surface area (Å²) in [7, 11) is -3.25. The molecule has 0 spiro atoms. The number of hydrogen-bond donors (Lipinski definition) is 1. The highest BCUT2D eigenvalue weighted by atomic mass is 32.2. The van der Waals surface area contributed by atoms with Crippen LogP contribution in [0.5, 0.6) is 0 Å². The third-order valence-corrected chi connectivity index (χ3v) is 6.25. The number of aryl methyl sites for hydroxylation is 2. The Bertz CT molecular complexity index is 832. The fraction of sp³-hybridized carbons (Fsp3) is 0.667. The van der Waals surface area contributed by atoms with E-state index in [0.717, 1.165) is 0 Å². The summed E-state index contributed by atoms with van der Waals surface area (Å²) in [5.74, 6) is 0.381. The number of fused-ring (bicyclic) bond motifs is 1. The molecular weight excluding hydrogens is 332 g/mol. The largest absolute Gasteiger partial charge is 0.338 e. The number of nitrogens with zero attached hydrogens (tertiary/aromatic N) is 3. The summed E-state index contributed by atoms with van der Waals surface area (Å²) in [4.78, 5) is 33.3. The van der Waals surface area contributed by atoms with Crippen LogP contribution in [-0.4, -0.2) is 64.9 Å². The summed E-state index contributed by atoms with van der Waals surface area (Å²) in [6.45, 7) is 4.39. The van der Waals surface area contributed by atoms with Gasteiger partial charge in [-0.25, -0.2) is 13.4 Å². The van der Waals surface area contributed by atoms with Gasteiger partial charge in [-0.2, -0.15) is 4.31 Å². The Morgan fingerprint density at radius 2 is 1.92 bits per heavy atom. The van der Waals surface area contributed by atoms with Crippen LogP contribution in [0.3, 0.4) is 0 Å². The quantitative estimate of drug-likeness (QED) is 0.793. The molecule has 132 valence electrons. The zero-order valence-electron chi connectivity index (χ0n) is 14.1. The van der Waals surface area contributed by atoms with Crippen molar-refractivity contribution in [2.75, 3.05) is 19.3 Å². The molecule has 3 rings (SSSR count). The maximum atomic E-state index is 12.7. The summed E-state index contributed by atoms with van der Waals surface area (Å²) < 4.78 is 25.2. The maximum absolute atomic E-state index is 12.7. The van der Waals surface area contributed by atoms with Crippen LogP contribution in [-0.2, 0) is 21.2 Å². The first kappa shape index (κ1) is 17.1. The van der Waals surface area contributed by atoms with Gasteiger partial charge in [0, 0.05) is 36.4 Å². The number of rotatable bonds is 3. The van der Waals surface area contributed by atoms with Crippen molar-refractivity contribution in [1.29, 1.82) is 0 Å². The van der Waals surface area contributed by atoms with E-state index in [9.17, 15) is 18.0 Å². The number of nitrogens with one attached hydrogen (secondary N) is 1. The van der Waals surface area contributed by atoms with E-state index >= 15 is 0 Å². The first-order chi connectivity index (χ1) is 11.2. The third kappa shape index (κ3) is 2.98. The van der Waals surface area contributed by atoms with Crippen LogP contribution in [0.25, 0.3) is 0 Å². The minimum absolute atomic E-state index is 0.00343. The molecule has 0 unspecified atom stereocenters. The molecular formula is C15H22N4O4S. The molecule has 0 aliphatic carbocycles. The summed E-state index contributed by atoms with van der Waals surface area (Å²) in [6, 6.07) is -0.232. The predicted octanol–water partition coefficient (Wildman–Crippen LogP) is -0.436. The molecule has 2 saturated heterocycles. The number of carbonyl (C=O) groups excluding carboxylic acids is 1. The van der Waals surface area contributed by atoms with Crippen LogP contribution >= 0.6 is 0 Å². The lowest BCUT2D eigenvalue weighted by atomic mass is 10.1. The fourth-order valence-electron chi connectivity index (χ4n) is 3.88. The second-order valence-corrected chi connectivity index (χ2v) is 8.50. The van der Waals surface area contributed by atoms with Gasteiger partial charge in [0.05, 0.1) is 12.7 Å². The van der Waals surface area contributed by atoms with E-state index in [-0.39, 0.29) is 30.0 Å². The number of aromatic amines is 1. The van der Waals surface area contributed by atoms with Crippen LogP contribution in [0, 0.1) is 13.8 Å². The second-order valence-electron chi connectivity index (χ2n) is 6.56. The summed E-state index contributed by atoms with van der Waals surface area (Å²) in [6.07, 6.45) is 2.49. The molecule has 1 amide bonds. The van der Waals surface area contributed by atoms with E-state index in [0.29, 0.717) is 43.0 Å². The van der Waals surface area contributed by atoms with E-state index in [1.54, 1.807) is 18.7 Å². The minimum atomic E-state index is -3.25. The minimum Gasteiger partial charge on any atom is -0.338 e. The molecule has 1 N–H and O–H groups in total. The van der Waals surface area contributed by atoms with E-state index in [1.807, 2.05) is 0 Å². The van der Waals surface area contributed by atoms with Gasteiger partial charge in [0.25, 0.3) is 5.56 Å². The predicted molar refractivity (Wildman–Crippen MR) is 88.1 cm³/mol. The standard InChI is InChI=1S/C15H22N4O4S/c1-9-11(15(21)17-10(2)16-9)8-14(20)18-6-4-13-12(18)5-7-19(13)24(3,22)23/h12-13H,4-8H2,1-3H3,(H,16,17,21)/t12-,13-/m0/s1. The Kier molecular flexibility index (Phi) is 4.25. The van der Waals surface area contributed by atoms with Gasteiger partial charge in [-0.15, -0.1) is 0 Å². The number of H-pyrrole nitrogens is 1. The molecule has 0 aromatic carbocycles. The van der Waals surface area contributed by atoms with Crippen LogP contribution in [0.1, 0.15) is 29.9 Å². The highest BCUT2D eigenvalue weighted by Gasteiger charge is 2.47. The van der Waals surface area contributed by atoms with Crippen molar-refractivity contribution in [3.63, 3.8) is 0 Å². The molecule has 1 aromatic heterocycles. The van der Waals surface area contributed by atoms with Gasteiger partial charge in [0.2, 0.25) is 15.9 Å². The number of hydrogen-bond acceptors (Lipinski definition) is 5. The molecule has 0 saturated carbocycles. The normalized spacial score (nSPS) is 24.4. The van der Waals surface area contributed by atoms with Crippen LogP contribution < -0.4 is 5.56 Å². The Balaban J connectivity index is 1.78. The molecule has 1 aromatic rings. The van der Waals surface area contributed by atoms with Crippen LogP contribution in [0.4, 0.5) is 0 Å². The second kappa shape index (κ2) is 5.96. The number of amides is 1. The average molecular weight is 354 g/mol. The molecule has 9 heteroatoms. The fourth-order valence-corrected chi connectivity index (χ4v) is 5.06. The van der Waals surface area contributed by atoms with Crippen molar-refractivity contribution in [3.05, 3.63) is 27.4 Å². The van der Waals surface area contributed by atoms with Crippen LogP contribution in [0.15, 0.2) is 4.79 Å². The average Bonchev–Trinajstić information content (AvgIpc) is 3.02. The monoisotopic (exact) mass is 354 g/mol. The van der Waals surface area contributed by atoms with Crippen molar-refractivity contribution in [1.82, 2.24) is 19.2 Å². The summed E-state index contributed by atoms with van der Waals surface area (Å²) in [5.41, 5.74) is 0.657. The van der Waals surface area contributed by atoms with Crippen LogP contribution in [0.2, 0.25) is 0 Å². The molecule has 2 aliphatic rings. The number of sulfonamides is 1. The first-order valence-corrected chi connectivity index (χ1v) is 9.86. The Morgan fingerprint density at radius 1 is 1.25 bits per heavy atom. The SMILES string of the molecule is Cc1nc(C)c(CC(=O)N2CC[C@H]3[C@@H]2CCN3S(C)(=O)=O)c(=O)[nH]1. The lowest BCUT2D eigenvalue weighted by molar-refractivity contribution is -0.131. The Hall–Kier alpha value is -1.74. The summed E-state index contributed by atoms with van der Waals surface area (Å²) >= 11 is 0. The van der Waals surface area contributed by atoms with E-state index in [2.05, 4.69) is 9.97 Å². The highest BCUT2D eigenvalue weighted by molar-refractivity contribution is 7.88. The molecule has 2 atom stereocenters. The van der Waals surface area contributed by atoms with E-state index in [1.165, 1.54) is 10.6 Å². The number of carbonyl (C=O) groups is 1. The van der Waals surface area contributed by atoms with Gasteiger partial charge in [-0.3, -0.25) is 9.59 Å².